The number of morpholine rings is 1. The van der Waals surface area contributed by atoms with Gasteiger partial charge in [0.1, 0.15) is 0 Å². The molecule has 0 amide bonds. The van der Waals surface area contributed by atoms with Crippen molar-refractivity contribution >= 4 is 5.69 Å². The molecule has 3 nitrogen and oxygen atoms in total. The molecule has 16 heavy (non-hydrogen) atoms. The smallest absolute Gasteiger partial charge is 0.0683 e. The first-order valence-electron chi connectivity index (χ1n) is 5.81. The molecule has 3 heteroatoms. The van der Waals surface area contributed by atoms with Gasteiger partial charge in [-0.1, -0.05) is 18.2 Å². The third-order valence-electron chi connectivity index (χ3n) is 2.89. The monoisotopic (exact) mass is 220 g/mol. The lowest BCUT2D eigenvalue weighted by molar-refractivity contribution is 0.0855. The Morgan fingerprint density at radius 2 is 2.06 bits per heavy atom. The van der Waals surface area contributed by atoms with E-state index in [1.807, 2.05) is 0 Å². The van der Waals surface area contributed by atoms with Gasteiger partial charge in [-0.2, -0.15) is 0 Å². The largest absolute Gasteiger partial charge is 0.377 e. The van der Waals surface area contributed by atoms with Crippen LogP contribution in [0.15, 0.2) is 30.3 Å². The van der Waals surface area contributed by atoms with Crippen LogP contribution < -0.4 is 4.90 Å². The lowest BCUT2D eigenvalue weighted by Gasteiger charge is -2.38. The highest BCUT2D eigenvalue weighted by Gasteiger charge is 2.23. The molecule has 0 radical (unpaired) electrons. The summed E-state index contributed by atoms with van der Waals surface area (Å²) >= 11 is 0. The van der Waals surface area contributed by atoms with Crippen molar-refractivity contribution in [2.75, 3.05) is 45.3 Å². The van der Waals surface area contributed by atoms with E-state index in [0.717, 1.165) is 26.3 Å². The Morgan fingerprint density at radius 3 is 2.75 bits per heavy atom. The van der Waals surface area contributed by atoms with E-state index >= 15 is 0 Å². The molecule has 1 aromatic rings. The SMILES string of the molecule is CN(C)CC1COCCN1c1ccccc1. The molecule has 1 saturated heterocycles. The van der Waals surface area contributed by atoms with Gasteiger partial charge in [-0.3, -0.25) is 0 Å². The second-order valence-corrected chi connectivity index (χ2v) is 4.52. The number of rotatable bonds is 3. The zero-order valence-electron chi connectivity index (χ0n) is 10.1. The van der Waals surface area contributed by atoms with Crippen LogP contribution in [0.4, 0.5) is 5.69 Å². The number of anilines is 1. The van der Waals surface area contributed by atoms with Gasteiger partial charge in [0.25, 0.3) is 0 Å². The quantitative estimate of drug-likeness (QED) is 0.767. The van der Waals surface area contributed by atoms with E-state index in [1.165, 1.54) is 5.69 Å². The van der Waals surface area contributed by atoms with Crippen LogP contribution in [0.25, 0.3) is 0 Å². The van der Waals surface area contributed by atoms with Crippen molar-refractivity contribution in [3.05, 3.63) is 30.3 Å². The number of hydrogen-bond acceptors (Lipinski definition) is 3. The van der Waals surface area contributed by atoms with Crippen molar-refractivity contribution in [2.24, 2.45) is 0 Å². The summed E-state index contributed by atoms with van der Waals surface area (Å²) in [5.41, 5.74) is 1.30. The number of hydrogen-bond donors (Lipinski definition) is 0. The van der Waals surface area contributed by atoms with E-state index in [-0.39, 0.29) is 0 Å². The predicted octanol–water partition coefficient (Wildman–Crippen LogP) is 1.45. The summed E-state index contributed by atoms with van der Waals surface area (Å²) in [5.74, 6) is 0. The molecular weight excluding hydrogens is 200 g/mol. The molecular formula is C13H20N2O. The van der Waals surface area contributed by atoms with E-state index in [9.17, 15) is 0 Å². The molecule has 2 rings (SSSR count). The molecule has 1 aliphatic rings. The molecule has 0 bridgehead atoms. The van der Waals surface area contributed by atoms with Crippen LogP contribution >= 0.6 is 0 Å². The van der Waals surface area contributed by atoms with E-state index in [4.69, 9.17) is 4.74 Å². The summed E-state index contributed by atoms with van der Waals surface area (Å²) < 4.78 is 5.57. The van der Waals surface area contributed by atoms with Gasteiger partial charge in [-0.05, 0) is 26.2 Å². The Morgan fingerprint density at radius 1 is 1.31 bits per heavy atom. The van der Waals surface area contributed by atoms with Crippen molar-refractivity contribution in [2.45, 2.75) is 6.04 Å². The molecule has 0 aromatic heterocycles. The first kappa shape index (κ1) is 11.4. The standard InChI is InChI=1S/C13H20N2O/c1-14(2)10-13-11-16-9-8-15(13)12-6-4-3-5-7-12/h3-7,13H,8-11H2,1-2H3. The Labute approximate surface area is 97.6 Å². The van der Waals surface area contributed by atoms with Gasteiger partial charge in [0.05, 0.1) is 19.3 Å². The summed E-state index contributed by atoms with van der Waals surface area (Å²) in [6, 6.07) is 11.1. The van der Waals surface area contributed by atoms with Crippen LogP contribution in [-0.4, -0.2) is 51.3 Å². The van der Waals surface area contributed by atoms with Crippen LogP contribution in [0.3, 0.4) is 0 Å². The fourth-order valence-corrected chi connectivity index (χ4v) is 2.19. The van der Waals surface area contributed by atoms with Crippen molar-refractivity contribution in [3.63, 3.8) is 0 Å². The second kappa shape index (κ2) is 5.32. The highest BCUT2D eigenvalue weighted by atomic mass is 16.5. The van der Waals surface area contributed by atoms with Crippen LogP contribution in [0.1, 0.15) is 0 Å². The maximum Gasteiger partial charge on any atom is 0.0683 e. The fourth-order valence-electron chi connectivity index (χ4n) is 2.19. The van der Waals surface area contributed by atoms with E-state index in [1.54, 1.807) is 0 Å². The molecule has 0 N–H and O–H groups in total. The maximum atomic E-state index is 5.57. The summed E-state index contributed by atoms with van der Waals surface area (Å²) in [6.07, 6.45) is 0. The van der Waals surface area contributed by atoms with Gasteiger partial charge in [-0.15, -0.1) is 0 Å². The average molecular weight is 220 g/mol. The Hall–Kier alpha value is -1.06. The molecule has 1 heterocycles. The second-order valence-electron chi connectivity index (χ2n) is 4.52. The zero-order chi connectivity index (χ0) is 11.4. The van der Waals surface area contributed by atoms with Gasteiger partial charge in [0.15, 0.2) is 0 Å². The van der Waals surface area contributed by atoms with Gasteiger partial charge in [0, 0.05) is 18.8 Å². The molecule has 88 valence electrons. The molecule has 1 fully saturated rings. The fraction of sp³-hybridized carbons (Fsp3) is 0.538. The number of ether oxygens (including phenoxy) is 1. The number of likely N-dealkylation sites (N-methyl/N-ethyl adjacent to an activating group) is 1. The van der Waals surface area contributed by atoms with Crippen LogP contribution in [0.5, 0.6) is 0 Å². The molecule has 1 aliphatic heterocycles. The summed E-state index contributed by atoms with van der Waals surface area (Å²) in [4.78, 5) is 4.67. The van der Waals surface area contributed by atoms with Gasteiger partial charge in [-0.25, -0.2) is 0 Å². The normalized spacial score (nSPS) is 21.4. The maximum absolute atomic E-state index is 5.57. The lowest BCUT2D eigenvalue weighted by Crippen LogP contribution is -2.50. The van der Waals surface area contributed by atoms with Crippen LogP contribution in [0, 0.1) is 0 Å². The molecule has 1 atom stereocenters. The number of para-hydroxylation sites is 1. The third kappa shape index (κ3) is 2.74. The van der Waals surface area contributed by atoms with Gasteiger partial charge < -0.3 is 14.5 Å². The van der Waals surface area contributed by atoms with Crippen molar-refractivity contribution < 1.29 is 4.74 Å². The first-order valence-corrected chi connectivity index (χ1v) is 5.81. The molecule has 0 spiro atoms. The van der Waals surface area contributed by atoms with Gasteiger partial charge in [0.2, 0.25) is 0 Å². The summed E-state index contributed by atoms with van der Waals surface area (Å²) in [5, 5.41) is 0. The first-order chi connectivity index (χ1) is 7.77. The Kier molecular flexibility index (Phi) is 3.80. The van der Waals surface area contributed by atoms with E-state index < -0.39 is 0 Å². The predicted molar refractivity (Wildman–Crippen MR) is 66.9 cm³/mol. The topological polar surface area (TPSA) is 15.7 Å². The zero-order valence-corrected chi connectivity index (χ0v) is 10.1. The summed E-state index contributed by atoms with van der Waals surface area (Å²) in [6.45, 7) is 3.68. The van der Waals surface area contributed by atoms with Crippen molar-refractivity contribution in [1.82, 2.24) is 4.90 Å². The van der Waals surface area contributed by atoms with Crippen molar-refractivity contribution in [1.29, 1.82) is 0 Å². The Balaban J connectivity index is 2.10. The highest BCUT2D eigenvalue weighted by Crippen LogP contribution is 2.19. The number of nitrogens with zero attached hydrogens (tertiary/aromatic N) is 2. The lowest BCUT2D eigenvalue weighted by atomic mass is 10.2. The molecule has 0 saturated carbocycles. The molecule has 1 unspecified atom stereocenters. The third-order valence-corrected chi connectivity index (χ3v) is 2.89. The highest BCUT2D eigenvalue weighted by molar-refractivity contribution is 5.47. The minimum atomic E-state index is 0.464. The molecule has 1 aromatic carbocycles. The van der Waals surface area contributed by atoms with Crippen LogP contribution in [-0.2, 0) is 4.74 Å². The minimum Gasteiger partial charge on any atom is -0.377 e. The number of benzene rings is 1. The van der Waals surface area contributed by atoms with Crippen LogP contribution in [0.2, 0.25) is 0 Å². The van der Waals surface area contributed by atoms with E-state index in [0.29, 0.717) is 6.04 Å². The van der Waals surface area contributed by atoms with Gasteiger partial charge >= 0.3 is 0 Å². The van der Waals surface area contributed by atoms with E-state index in [2.05, 4.69) is 54.2 Å². The molecule has 0 aliphatic carbocycles. The van der Waals surface area contributed by atoms with Crippen molar-refractivity contribution in [3.8, 4) is 0 Å². The average Bonchev–Trinajstić information content (AvgIpc) is 2.30. The summed E-state index contributed by atoms with van der Waals surface area (Å²) in [7, 11) is 4.22. The minimum absolute atomic E-state index is 0.464. The Bertz CT molecular complexity index is 313.